The van der Waals surface area contributed by atoms with Crippen LogP contribution < -0.4 is 49.1 Å². The molecule has 66 heavy (non-hydrogen) atoms. The van der Waals surface area contributed by atoms with Crippen LogP contribution in [0.1, 0.15) is 58.3 Å². The molecule has 0 saturated carbocycles. The van der Waals surface area contributed by atoms with Crippen LogP contribution in [0.15, 0.2) is 4.99 Å². The van der Waals surface area contributed by atoms with Crippen LogP contribution in [0.4, 0.5) is 0 Å². The van der Waals surface area contributed by atoms with Crippen molar-refractivity contribution in [1.29, 1.82) is 0 Å². The van der Waals surface area contributed by atoms with Crippen molar-refractivity contribution in [2.24, 2.45) is 22.2 Å². The first-order valence-corrected chi connectivity index (χ1v) is 20.2. The highest BCUT2D eigenvalue weighted by Crippen LogP contribution is 2.12. The van der Waals surface area contributed by atoms with Gasteiger partial charge >= 0.3 is 11.9 Å². The van der Waals surface area contributed by atoms with Crippen molar-refractivity contribution in [3.8, 4) is 0 Å². The molecule has 1 aliphatic heterocycles. The topological polar surface area (TPSA) is 522 Å². The van der Waals surface area contributed by atoms with Gasteiger partial charge in [0, 0.05) is 26.6 Å². The number of hydrogen-bond donors (Lipinski definition) is 18. The van der Waals surface area contributed by atoms with Gasteiger partial charge in [0.05, 0.1) is 31.8 Å². The number of nitrogens with one attached hydrogen (secondary N) is 6. The van der Waals surface area contributed by atoms with Gasteiger partial charge < -0.3 is 84.8 Å². The number of aliphatic imine (C=N–C) groups is 1. The minimum Gasteiger partial charge on any atom is -0.479 e. The normalized spacial score (nSPS) is 17.7. The van der Waals surface area contributed by atoms with E-state index in [2.05, 4.69) is 15.6 Å². The fraction of sp³-hybridized carbons (Fsp3) is 0.686. The van der Waals surface area contributed by atoms with E-state index in [1.807, 2.05) is 21.3 Å². The van der Waals surface area contributed by atoms with Crippen molar-refractivity contribution in [2.75, 3.05) is 32.8 Å². The van der Waals surface area contributed by atoms with Gasteiger partial charge in [0.15, 0.2) is 18.2 Å². The molecule has 2 unspecified atom stereocenters. The van der Waals surface area contributed by atoms with E-state index < -0.39 is 146 Å². The highest BCUT2D eigenvalue weighted by Gasteiger charge is 2.40. The number of amides is 8. The van der Waals surface area contributed by atoms with E-state index in [0.29, 0.717) is 10.1 Å². The molecular weight excluding hydrogens is 892 g/mol. The van der Waals surface area contributed by atoms with E-state index in [4.69, 9.17) is 22.3 Å². The number of rotatable bonds is 29. The third-order valence-electron chi connectivity index (χ3n) is 9.65. The second kappa shape index (κ2) is 28.5. The molecule has 0 aromatic carbocycles. The number of guanidine groups is 1. The summed E-state index contributed by atoms with van der Waals surface area (Å²) >= 11 is 0. The van der Waals surface area contributed by atoms with E-state index in [-0.39, 0.29) is 64.1 Å². The fourth-order valence-corrected chi connectivity index (χ4v) is 5.87. The van der Waals surface area contributed by atoms with Crippen LogP contribution in [0.5, 0.6) is 0 Å². The summed E-state index contributed by atoms with van der Waals surface area (Å²) in [5.74, 6) is -14.5. The maximum atomic E-state index is 13.7. The number of unbranched alkanes of at least 4 members (excludes halogenated alkanes) is 1. The molecule has 374 valence electrons. The minimum atomic E-state index is -2.83. The Morgan fingerprint density at radius 3 is 1.80 bits per heavy atom. The lowest BCUT2D eigenvalue weighted by molar-refractivity contribution is -0.173. The largest absolute Gasteiger partial charge is 0.479 e. The van der Waals surface area contributed by atoms with Crippen LogP contribution >= 0.6 is 0 Å². The van der Waals surface area contributed by atoms with Crippen molar-refractivity contribution in [3.05, 3.63) is 0 Å². The number of carbonyl (C=O) groups is 10. The lowest BCUT2D eigenvalue weighted by atomic mass is 10.0. The van der Waals surface area contributed by atoms with Crippen LogP contribution in [0.25, 0.3) is 0 Å². The highest BCUT2D eigenvalue weighted by atomic mass is 16.5. The maximum Gasteiger partial charge on any atom is 0.335 e. The first-order chi connectivity index (χ1) is 30.9. The minimum absolute atomic E-state index is 0.0261. The molecule has 1 aliphatic rings. The molecule has 1 fully saturated rings. The summed E-state index contributed by atoms with van der Waals surface area (Å²) in [5, 5.41) is 102. The Kier molecular flexibility index (Phi) is 24.9. The summed E-state index contributed by atoms with van der Waals surface area (Å²) in [7, 11) is 0. The smallest absolute Gasteiger partial charge is 0.335 e. The van der Waals surface area contributed by atoms with Crippen LogP contribution in [-0.4, -0.2) is 215 Å². The number of carbonyl (C=O) groups excluding carboxylic acids is 8. The molecule has 0 radical (unpaired) electrons. The van der Waals surface area contributed by atoms with Crippen LogP contribution in [0, 0.1) is 0 Å². The lowest BCUT2D eigenvalue weighted by Gasteiger charge is -2.30. The van der Waals surface area contributed by atoms with Gasteiger partial charge in [-0.2, -0.15) is 0 Å². The summed E-state index contributed by atoms with van der Waals surface area (Å²) in [6, 6.07) is -13.2. The molecule has 1 saturated heterocycles. The summed E-state index contributed by atoms with van der Waals surface area (Å²) < 4.78 is 0. The molecule has 0 spiro atoms. The zero-order chi connectivity index (χ0) is 50.4. The number of carboxylic acids is 2. The number of carboxylic acid groups (broad SMARTS) is 2. The Morgan fingerprint density at radius 2 is 1.27 bits per heavy atom. The highest BCUT2D eigenvalue weighted by molar-refractivity contribution is 5.99. The number of aliphatic hydroxyl groups excluding tert-OH is 5. The van der Waals surface area contributed by atoms with Crippen molar-refractivity contribution in [2.45, 2.75) is 119 Å². The summed E-state index contributed by atoms with van der Waals surface area (Å²) in [5.41, 5.74) is 16.1. The van der Waals surface area contributed by atoms with Crippen molar-refractivity contribution in [3.63, 3.8) is 0 Å². The van der Waals surface area contributed by atoms with Gasteiger partial charge in [0.1, 0.15) is 36.3 Å². The van der Waals surface area contributed by atoms with Crippen molar-refractivity contribution in [1.82, 2.24) is 42.0 Å². The third kappa shape index (κ3) is 19.4. The molecule has 21 N–H and O–H groups in total. The van der Waals surface area contributed by atoms with Gasteiger partial charge in [0.2, 0.25) is 41.4 Å². The Labute approximate surface area is 375 Å². The molecule has 0 bridgehead atoms. The Bertz CT molecular complexity index is 1750. The van der Waals surface area contributed by atoms with Crippen molar-refractivity contribution >= 4 is 65.2 Å². The molecule has 0 aromatic heterocycles. The molecule has 10 atom stereocenters. The lowest BCUT2D eigenvalue weighted by Crippen LogP contribution is -2.64. The number of hydrogen-bond acceptors (Lipinski definition) is 19. The number of nitrogens with zero attached hydrogens (tertiary/aromatic N) is 3. The summed E-state index contributed by atoms with van der Waals surface area (Å²) in [6.45, 7) is -1.45. The van der Waals surface area contributed by atoms with Crippen LogP contribution in [0.2, 0.25) is 0 Å². The zero-order valence-corrected chi connectivity index (χ0v) is 35.6. The molecule has 0 aromatic rings. The first-order valence-electron chi connectivity index (χ1n) is 20.2. The zero-order valence-electron chi connectivity index (χ0n) is 35.6. The number of aliphatic hydroxyl groups is 5. The SMILES string of the molecule is CC(=O)N(O)CCC[C@H](NC(=O)[C@H](CO)NC(=O)[C@H](NC(=O)[C@@H](CCCCN=C(N)N)NC(=O)[C@@H](NC(=O)CC(O)C(N)CO)[C@H](O)C(=O)O)[C@@H](O)C(=O)O)C(=O)N[C@@H]1CCCN(O)C1=O. The van der Waals surface area contributed by atoms with Crippen molar-refractivity contribution < 1.29 is 94.1 Å². The number of aliphatic carboxylic acids is 2. The monoisotopic (exact) mass is 952 g/mol. The van der Waals surface area contributed by atoms with Gasteiger partial charge in [-0.3, -0.25) is 53.8 Å². The second-order valence-electron chi connectivity index (χ2n) is 14.8. The number of hydroxylamine groups is 4. The Hall–Kier alpha value is -6.35. The third-order valence-corrected chi connectivity index (χ3v) is 9.65. The molecule has 0 aliphatic carbocycles. The number of piperidine rings is 1. The van der Waals surface area contributed by atoms with E-state index in [0.717, 1.165) is 6.92 Å². The van der Waals surface area contributed by atoms with E-state index >= 15 is 0 Å². The van der Waals surface area contributed by atoms with Gasteiger partial charge in [0.25, 0.3) is 5.91 Å². The standard InChI is InChI=1S/C35H60N12O19/c1-15(50)46(65)10-4-7-18(27(55)42-19-8-5-11-47(66)32(19)60)40-29(57)20(14-49)43-31(59)24(26(54)34(63)64)45-28(56)17(6-2-3-9-39-35(37)38)41-30(58)23(25(53)33(61)62)44-22(52)12-21(51)16(36)13-48/h16-21,23-26,48-49,51,53-54,65-66H,2-14,36H2,1H3,(H,40,57)(H,41,58)(H,42,55)(H,43,59)(H,44,52)(H,45,56)(H,61,62)(H,63,64)(H4,37,38,39)/t16?,17-,18+,19-,20+,21?,23+,24-,25+,26-/m1/s1. The predicted octanol–water partition coefficient (Wildman–Crippen LogP) is -9.68. The van der Waals surface area contributed by atoms with Gasteiger partial charge in [-0.25, -0.2) is 19.7 Å². The van der Waals surface area contributed by atoms with E-state index in [9.17, 15) is 89.0 Å². The van der Waals surface area contributed by atoms with Gasteiger partial charge in [-0.15, -0.1) is 0 Å². The Balaban J connectivity index is 3.45. The molecular formula is C35H60N12O19. The predicted molar refractivity (Wildman–Crippen MR) is 217 cm³/mol. The van der Waals surface area contributed by atoms with E-state index in [1.54, 1.807) is 0 Å². The maximum absolute atomic E-state index is 13.7. The molecule has 31 heteroatoms. The van der Waals surface area contributed by atoms with Gasteiger partial charge in [-0.05, 0) is 44.9 Å². The second-order valence-corrected chi connectivity index (χ2v) is 14.8. The number of nitrogens with two attached hydrogens (primary N) is 3. The summed E-state index contributed by atoms with van der Waals surface area (Å²) in [4.78, 5) is 131. The van der Waals surface area contributed by atoms with Gasteiger partial charge in [-0.1, -0.05) is 0 Å². The molecule has 1 rings (SSSR count). The molecule has 31 nitrogen and oxygen atoms in total. The first kappa shape index (κ1) is 57.7. The average molecular weight is 953 g/mol. The Morgan fingerprint density at radius 1 is 0.758 bits per heavy atom. The van der Waals surface area contributed by atoms with E-state index in [1.165, 1.54) is 0 Å². The molecule has 1 heterocycles. The molecule has 8 amide bonds. The van der Waals surface area contributed by atoms with Crippen LogP contribution in [-0.2, 0) is 47.9 Å². The quantitative estimate of drug-likeness (QED) is 0.0109. The fourth-order valence-electron chi connectivity index (χ4n) is 5.87. The summed E-state index contributed by atoms with van der Waals surface area (Å²) in [6.07, 6.45) is -8.71. The van der Waals surface area contributed by atoms with Crippen LogP contribution in [0.3, 0.4) is 0 Å². The average Bonchev–Trinajstić information content (AvgIpc) is 3.25.